The zero-order valence-corrected chi connectivity index (χ0v) is 15.1. The topological polar surface area (TPSA) is 130 Å². The normalized spacial score (nSPS) is 17.7. The fourth-order valence-corrected chi connectivity index (χ4v) is 4.42. The number of benzene rings is 2. The van der Waals surface area contributed by atoms with Gasteiger partial charge in [-0.2, -0.15) is 4.31 Å². The number of carbonyl (C=O) groups excluding carboxylic acids is 2. The van der Waals surface area contributed by atoms with Crippen LogP contribution in [0.5, 0.6) is 0 Å². The van der Waals surface area contributed by atoms with Crippen molar-refractivity contribution in [1.29, 1.82) is 0 Å². The van der Waals surface area contributed by atoms with Crippen molar-refractivity contribution in [3.63, 3.8) is 0 Å². The molecule has 142 valence electrons. The first-order valence-corrected chi connectivity index (χ1v) is 9.65. The zero-order valence-electron chi connectivity index (χ0n) is 14.3. The Balaban J connectivity index is 2.07. The van der Waals surface area contributed by atoms with Crippen LogP contribution in [0, 0.1) is 0 Å². The lowest BCUT2D eigenvalue weighted by atomic mass is 9.86. The molecule has 3 rings (SSSR count). The number of carbonyl (C=O) groups is 2. The van der Waals surface area contributed by atoms with E-state index in [1.54, 1.807) is 18.2 Å². The summed E-state index contributed by atoms with van der Waals surface area (Å²) in [5.74, 6) is -1.42. The number of aliphatic hydroxyl groups is 1. The van der Waals surface area contributed by atoms with Crippen molar-refractivity contribution in [3.8, 4) is 0 Å². The molecule has 0 bridgehead atoms. The summed E-state index contributed by atoms with van der Waals surface area (Å²) in [5, 5.41) is 13.6. The first kappa shape index (κ1) is 19.0. The van der Waals surface area contributed by atoms with Gasteiger partial charge in [0.15, 0.2) is 5.60 Å². The van der Waals surface area contributed by atoms with E-state index in [4.69, 9.17) is 5.73 Å². The Labute approximate surface area is 156 Å². The summed E-state index contributed by atoms with van der Waals surface area (Å²) in [6, 6.07) is 13.4. The maximum absolute atomic E-state index is 12.9. The van der Waals surface area contributed by atoms with Crippen LogP contribution in [0.15, 0.2) is 59.5 Å². The maximum atomic E-state index is 12.9. The van der Waals surface area contributed by atoms with Crippen LogP contribution in [0.2, 0.25) is 0 Å². The average molecular weight is 389 g/mol. The molecule has 1 aliphatic heterocycles. The molecule has 1 heterocycles. The van der Waals surface area contributed by atoms with Gasteiger partial charge in [-0.15, -0.1) is 0 Å². The molecule has 1 saturated heterocycles. The SMILES string of the molecule is NC(=O)C(O)(c1ccccc1)c1cccc(S(=O)(=O)N2CCNC(=O)C2)c1. The third-order valence-electron chi connectivity index (χ3n) is 4.44. The van der Waals surface area contributed by atoms with E-state index in [1.807, 2.05) is 0 Å². The van der Waals surface area contributed by atoms with Crippen molar-refractivity contribution in [3.05, 3.63) is 65.7 Å². The Kier molecular flexibility index (Phi) is 5.01. The van der Waals surface area contributed by atoms with E-state index < -0.39 is 21.5 Å². The number of rotatable bonds is 5. The van der Waals surface area contributed by atoms with E-state index in [0.29, 0.717) is 0 Å². The minimum absolute atomic E-state index is 0.0312. The Hall–Kier alpha value is -2.75. The highest BCUT2D eigenvalue weighted by Crippen LogP contribution is 2.31. The van der Waals surface area contributed by atoms with Crippen LogP contribution in [0.3, 0.4) is 0 Å². The number of nitrogens with one attached hydrogen (secondary N) is 1. The van der Waals surface area contributed by atoms with Gasteiger partial charge in [-0.05, 0) is 23.3 Å². The van der Waals surface area contributed by atoms with E-state index in [2.05, 4.69) is 5.32 Å². The molecule has 1 fully saturated rings. The van der Waals surface area contributed by atoms with Crippen LogP contribution in [-0.2, 0) is 25.2 Å². The van der Waals surface area contributed by atoms with Crippen molar-refractivity contribution >= 4 is 21.8 Å². The molecule has 9 heteroatoms. The highest BCUT2D eigenvalue weighted by molar-refractivity contribution is 7.89. The summed E-state index contributed by atoms with van der Waals surface area (Å²) in [6.07, 6.45) is 0. The van der Waals surface area contributed by atoms with Crippen molar-refractivity contribution in [2.45, 2.75) is 10.5 Å². The maximum Gasteiger partial charge on any atom is 0.258 e. The zero-order chi connectivity index (χ0) is 19.7. The average Bonchev–Trinajstić information content (AvgIpc) is 2.68. The fourth-order valence-electron chi connectivity index (χ4n) is 2.98. The Bertz CT molecular complexity index is 978. The number of hydrogen-bond acceptors (Lipinski definition) is 5. The molecule has 2 amide bonds. The largest absolute Gasteiger partial charge is 0.372 e. The van der Waals surface area contributed by atoms with Gasteiger partial charge in [0.25, 0.3) is 5.91 Å². The van der Waals surface area contributed by atoms with Crippen molar-refractivity contribution in [1.82, 2.24) is 9.62 Å². The van der Waals surface area contributed by atoms with Crippen molar-refractivity contribution < 1.29 is 23.1 Å². The lowest BCUT2D eigenvalue weighted by Crippen LogP contribution is -2.49. The molecule has 0 aliphatic carbocycles. The van der Waals surface area contributed by atoms with E-state index in [1.165, 1.54) is 36.4 Å². The fraction of sp³-hybridized carbons (Fsp3) is 0.222. The third-order valence-corrected chi connectivity index (χ3v) is 6.28. The quantitative estimate of drug-likeness (QED) is 0.636. The van der Waals surface area contributed by atoms with Gasteiger partial charge in [-0.25, -0.2) is 8.42 Å². The van der Waals surface area contributed by atoms with Crippen LogP contribution < -0.4 is 11.1 Å². The van der Waals surface area contributed by atoms with E-state index >= 15 is 0 Å². The number of nitrogens with zero attached hydrogens (tertiary/aromatic N) is 1. The van der Waals surface area contributed by atoms with Gasteiger partial charge in [0.2, 0.25) is 15.9 Å². The highest BCUT2D eigenvalue weighted by Gasteiger charge is 2.39. The van der Waals surface area contributed by atoms with Crippen LogP contribution in [0.4, 0.5) is 0 Å². The lowest BCUT2D eigenvalue weighted by Gasteiger charge is -2.28. The van der Waals surface area contributed by atoms with E-state index in [0.717, 1.165) is 4.31 Å². The van der Waals surface area contributed by atoms with Crippen LogP contribution >= 0.6 is 0 Å². The lowest BCUT2D eigenvalue weighted by molar-refractivity contribution is -0.133. The van der Waals surface area contributed by atoms with Crippen LogP contribution in [-0.4, -0.2) is 49.3 Å². The molecule has 0 radical (unpaired) electrons. The molecule has 4 N–H and O–H groups in total. The monoisotopic (exact) mass is 389 g/mol. The molecule has 0 spiro atoms. The Morgan fingerprint density at radius 3 is 2.41 bits per heavy atom. The molecule has 1 aliphatic rings. The molecular formula is C18H19N3O5S. The van der Waals surface area contributed by atoms with Gasteiger partial charge < -0.3 is 16.2 Å². The van der Waals surface area contributed by atoms with Crippen molar-refractivity contribution in [2.24, 2.45) is 5.73 Å². The Morgan fingerprint density at radius 2 is 1.78 bits per heavy atom. The van der Waals surface area contributed by atoms with Gasteiger partial charge in [0.1, 0.15) is 0 Å². The predicted octanol–water partition coefficient (Wildman–Crippen LogP) is -0.472. The summed E-state index contributed by atoms with van der Waals surface area (Å²) in [5.41, 5.74) is 3.52. The summed E-state index contributed by atoms with van der Waals surface area (Å²) in [7, 11) is -3.98. The summed E-state index contributed by atoms with van der Waals surface area (Å²) >= 11 is 0. The molecule has 1 unspecified atom stereocenters. The molecular weight excluding hydrogens is 370 g/mol. The second-order valence-electron chi connectivity index (χ2n) is 6.16. The predicted molar refractivity (Wildman–Crippen MR) is 96.8 cm³/mol. The van der Waals surface area contributed by atoms with Crippen LogP contribution in [0.1, 0.15) is 11.1 Å². The molecule has 2 aromatic rings. The van der Waals surface area contributed by atoms with E-state index in [9.17, 15) is 23.1 Å². The standard InChI is InChI=1S/C18H19N3O5S/c19-17(23)18(24,13-5-2-1-3-6-13)14-7-4-8-15(11-14)27(25,26)21-10-9-20-16(22)12-21/h1-8,11,24H,9-10,12H2,(H2,19,23)(H,20,22). The molecule has 8 nitrogen and oxygen atoms in total. The van der Waals surface area contributed by atoms with Gasteiger partial charge in [0, 0.05) is 13.1 Å². The number of piperazine rings is 1. The van der Waals surface area contributed by atoms with Crippen LogP contribution in [0.25, 0.3) is 0 Å². The molecule has 27 heavy (non-hydrogen) atoms. The highest BCUT2D eigenvalue weighted by atomic mass is 32.2. The number of amides is 2. The molecule has 0 saturated carbocycles. The minimum Gasteiger partial charge on any atom is -0.372 e. The number of nitrogens with two attached hydrogens (primary N) is 1. The smallest absolute Gasteiger partial charge is 0.258 e. The van der Waals surface area contributed by atoms with E-state index in [-0.39, 0.29) is 41.6 Å². The van der Waals surface area contributed by atoms with Gasteiger partial charge in [-0.3, -0.25) is 9.59 Å². The molecule has 1 atom stereocenters. The third kappa shape index (κ3) is 3.44. The summed E-state index contributed by atoms with van der Waals surface area (Å²) < 4.78 is 26.8. The number of sulfonamides is 1. The van der Waals surface area contributed by atoms with Gasteiger partial charge in [0.05, 0.1) is 11.4 Å². The van der Waals surface area contributed by atoms with Gasteiger partial charge >= 0.3 is 0 Å². The first-order chi connectivity index (χ1) is 12.8. The second kappa shape index (κ2) is 7.10. The second-order valence-corrected chi connectivity index (χ2v) is 8.09. The number of primary amides is 1. The summed E-state index contributed by atoms with van der Waals surface area (Å²) in [4.78, 5) is 23.5. The minimum atomic E-state index is -3.98. The molecule has 0 aromatic heterocycles. The molecule has 2 aromatic carbocycles. The van der Waals surface area contributed by atoms with Crippen molar-refractivity contribution in [2.75, 3.05) is 19.6 Å². The van der Waals surface area contributed by atoms with Gasteiger partial charge in [-0.1, -0.05) is 42.5 Å². The Morgan fingerprint density at radius 1 is 1.11 bits per heavy atom. The first-order valence-electron chi connectivity index (χ1n) is 8.21. The summed E-state index contributed by atoms with van der Waals surface area (Å²) in [6.45, 7) is 0.0649. The number of hydrogen-bond donors (Lipinski definition) is 3.